The quantitative estimate of drug-likeness (QED) is 0.776. The van der Waals surface area contributed by atoms with Crippen LogP contribution in [0.4, 0.5) is 0 Å². The Kier molecular flexibility index (Phi) is 3.36. The summed E-state index contributed by atoms with van der Waals surface area (Å²) >= 11 is 0. The fourth-order valence-electron chi connectivity index (χ4n) is 2.36. The van der Waals surface area contributed by atoms with Crippen molar-refractivity contribution in [3.8, 4) is 0 Å². The number of aromatic nitrogens is 3. The lowest BCUT2D eigenvalue weighted by Crippen LogP contribution is -2.13. The molecule has 0 aliphatic heterocycles. The van der Waals surface area contributed by atoms with Crippen LogP contribution in [0.15, 0.2) is 18.3 Å². The predicted octanol–water partition coefficient (Wildman–Crippen LogP) is 2.51. The van der Waals surface area contributed by atoms with Crippen molar-refractivity contribution in [3.05, 3.63) is 41.0 Å². The number of carbonyl (C=O) groups excluding carboxylic acids is 1. The minimum Gasteiger partial charge on any atom is -0.349 e. The third-order valence-electron chi connectivity index (χ3n) is 3.41. The maximum Gasteiger partial charge on any atom is 0.186 e. The first-order valence-electron chi connectivity index (χ1n) is 6.23. The molecule has 0 amide bonds. The van der Waals surface area contributed by atoms with Crippen molar-refractivity contribution < 1.29 is 4.79 Å². The van der Waals surface area contributed by atoms with Crippen molar-refractivity contribution in [2.24, 2.45) is 0 Å². The fraction of sp³-hybridized carbons (Fsp3) is 0.429. The molecule has 2 rings (SSSR count). The maximum atomic E-state index is 12.3. The van der Waals surface area contributed by atoms with Crippen LogP contribution in [0.2, 0.25) is 0 Å². The third kappa shape index (κ3) is 2.10. The number of hydrogen-bond donors (Lipinski definition) is 0. The van der Waals surface area contributed by atoms with Gasteiger partial charge in [-0.15, -0.1) is 0 Å². The normalized spacial score (nSPS) is 10.9. The standard InChI is InChI=1S/C14H19N3O/c1-5-16-11(3)8-13(12(16)4)14(18)9-17-10(2)6-7-15-17/h6-8H,5,9H2,1-4H3. The van der Waals surface area contributed by atoms with E-state index in [4.69, 9.17) is 0 Å². The Hall–Kier alpha value is -1.84. The SMILES string of the molecule is CCn1c(C)cc(C(=O)Cn2nccc2C)c1C. The molecule has 18 heavy (non-hydrogen) atoms. The van der Waals surface area contributed by atoms with E-state index in [1.54, 1.807) is 10.9 Å². The molecule has 0 unspecified atom stereocenters. The average Bonchev–Trinajstić information content (AvgIpc) is 2.84. The third-order valence-corrected chi connectivity index (χ3v) is 3.41. The highest BCUT2D eigenvalue weighted by molar-refractivity contribution is 5.97. The van der Waals surface area contributed by atoms with Gasteiger partial charge in [0, 0.05) is 35.4 Å². The van der Waals surface area contributed by atoms with Crippen molar-refractivity contribution in [3.63, 3.8) is 0 Å². The van der Waals surface area contributed by atoms with Crippen LogP contribution in [0, 0.1) is 20.8 Å². The zero-order valence-corrected chi connectivity index (χ0v) is 11.4. The van der Waals surface area contributed by atoms with Gasteiger partial charge < -0.3 is 4.57 Å². The second-order valence-electron chi connectivity index (χ2n) is 4.58. The molecule has 0 aliphatic rings. The van der Waals surface area contributed by atoms with Gasteiger partial charge in [-0.3, -0.25) is 9.48 Å². The largest absolute Gasteiger partial charge is 0.349 e. The van der Waals surface area contributed by atoms with Gasteiger partial charge in [0.2, 0.25) is 0 Å². The van der Waals surface area contributed by atoms with Gasteiger partial charge in [0.15, 0.2) is 5.78 Å². The van der Waals surface area contributed by atoms with E-state index in [1.807, 2.05) is 32.9 Å². The molecule has 0 saturated heterocycles. The minimum atomic E-state index is 0.120. The Bertz CT molecular complexity index is 578. The van der Waals surface area contributed by atoms with Gasteiger partial charge in [-0.2, -0.15) is 5.10 Å². The Balaban J connectivity index is 2.27. The van der Waals surface area contributed by atoms with E-state index in [0.717, 1.165) is 29.2 Å². The molecule has 0 aromatic carbocycles. The van der Waals surface area contributed by atoms with Crippen LogP contribution < -0.4 is 0 Å². The number of Topliss-reactive ketones (excluding diaryl/α,β-unsaturated/α-hetero) is 1. The van der Waals surface area contributed by atoms with Gasteiger partial charge in [0.05, 0.1) is 0 Å². The monoisotopic (exact) mass is 245 g/mol. The van der Waals surface area contributed by atoms with E-state index in [2.05, 4.69) is 16.6 Å². The molecule has 96 valence electrons. The zero-order chi connectivity index (χ0) is 13.3. The molecular formula is C14H19N3O. The van der Waals surface area contributed by atoms with Crippen molar-refractivity contribution >= 4 is 5.78 Å². The summed E-state index contributed by atoms with van der Waals surface area (Å²) in [6.07, 6.45) is 1.72. The zero-order valence-electron chi connectivity index (χ0n) is 11.4. The smallest absolute Gasteiger partial charge is 0.186 e. The maximum absolute atomic E-state index is 12.3. The number of hydrogen-bond acceptors (Lipinski definition) is 2. The second kappa shape index (κ2) is 4.80. The number of aryl methyl sites for hydroxylation is 2. The molecule has 0 saturated carbocycles. The second-order valence-corrected chi connectivity index (χ2v) is 4.58. The Morgan fingerprint density at radius 3 is 2.50 bits per heavy atom. The summed E-state index contributed by atoms with van der Waals surface area (Å²) in [5, 5.41) is 4.15. The first-order chi connectivity index (χ1) is 8.54. The van der Waals surface area contributed by atoms with Crippen LogP contribution >= 0.6 is 0 Å². The summed E-state index contributed by atoms with van der Waals surface area (Å²) < 4.78 is 3.89. The summed E-state index contributed by atoms with van der Waals surface area (Å²) in [4.78, 5) is 12.3. The lowest BCUT2D eigenvalue weighted by molar-refractivity contribution is 0.0966. The summed E-state index contributed by atoms with van der Waals surface area (Å²) in [7, 11) is 0. The molecule has 4 nitrogen and oxygen atoms in total. The molecule has 0 bridgehead atoms. The van der Waals surface area contributed by atoms with Crippen LogP contribution in [-0.4, -0.2) is 20.1 Å². The average molecular weight is 245 g/mol. The summed E-state index contributed by atoms with van der Waals surface area (Å²) in [6.45, 7) is 9.28. The fourth-order valence-corrected chi connectivity index (χ4v) is 2.36. The molecular weight excluding hydrogens is 226 g/mol. The molecule has 2 aromatic heterocycles. The topological polar surface area (TPSA) is 39.8 Å². The number of nitrogens with zero attached hydrogens (tertiary/aromatic N) is 3. The van der Waals surface area contributed by atoms with Gasteiger partial charge in [-0.1, -0.05) is 0 Å². The van der Waals surface area contributed by atoms with E-state index >= 15 is 0 Å². The van der Waals surface area contributed by atoms with Crippen LogP contribution in [0.25, 0.3) is 0 Å². The molecule has 2 aromatic rings. The number of rotatable bonds is 4. The first kappa shape index (κ1) is 12.6. The van der Waals surface area contributed by atoms with E-state index in [-0.39, 0.29) is 5.78 Å². The number of carbonyl (C=O) groups is 1. The van der Waals surface area contributed by atoms with Crippen LogP contribution in [0.3, 0.4) is 0 Å². The van der Waals surface area contributed by atoms with Gasteiger partial charge in [-0.25, -0.2) is 0 Å². The van der Waals surface area contributed by atoms with Gasteiger partial charge in [-0.05, 0) is 39.8 Å². The molecule has 4 heteroatoms. The predicted molar refractivity (Wildman–Crippen MR) is 70.9 cm³/mol. The summed E-state index contributed by atoms with van der Waals surface area (Å²) in [6, 6.07) is 3.88. The highest BCUT2D eigenvalue weighted by Gasteiger charge is 2.15. The van der Waals surface area contributed by atoms with E-state index < -0.39 is 0 Å². The molecule has 0 atom stereocenters. The Morgan fingerprint density at radius 1 is 1.28 bits per heavy atom. The molecule has 0 spiro atoms. The highest BCUT2D eigenvalue weighted by atomic mass is 16.1. The van der Waals surface area contributed by atoms with Crippen molar-refractivity contribution in [2.75, 3.05) is 0 Å². The van der Waals surface area contributed by atoms with Crippen molar-refractivity contribution in [1.29, 1.82) is 0 Å². The molecule has 0 radical (unpaired) electrons. The van der Waals surface area contributed by atoms with Crippen molar-refractivity contribution in [2.45, 2.75) is 40.8 Å². The van der Waals surface area contributed by atoms with E-state index in [9.17, 15) is 4.79 Å². The minimum absolute atomic E-state index is 0.120. The van der Waals surface area contributed by atoms with Gasteiger partial charge in [0.1, 0.15) is 6.54 Å². The lowest BCUT2D eigenvalue weighted by Gasteiger charge is -2.06. The summed E-state index contributed by atoms with van der Waals surface area (Å²) in [5.41, 5.74) is 4.00. The Labute approximate surface area is 107 Å². The van der Waals surface area contributed by atoms with Gasteiger partial charge >= 0.3 is 0 Å². The van der Waals surface area contributed by atoms with Crippen LogP contribution in [0.1, 0.15) is 34.4 Å². The van der Waals surface area contributed by atoms with Crippen LogP contribution in [-0.2, 0) is 13.1 Å². The van der Waals surface area contributed by atoms with E-state index in [1.165, 1.54) is 0 Å². The molecule has 0 N–H and O–H groups in total. The first-order valence-corrected chi connectivity index (χ1v) is 6.23. The molecule has 2 heterocycles. The lowest BCUT2D eigenvalue weighted by atomic mass is 10.1. The van der Waals surface area contributed by atoms with Crippen molar-refractivity contribution in [1.82, 2.24) is 14.3 Å². The molecule has 0 fully saturated rings. The molecule has 0 aliphatic carbocycles. The highest BCUT2D eigenvalue weighted by Crippen LogP contribution is 2.16. The van der Waals surface area contributed by atoms with Gasteiger partial charge in [0.25, 0.3) is 0 Å². The van der Waals surface area contributed by atoms with E-state index in [0.29, 0.717) is 6.54 Å². The number of ketones is 1. The van der Waals surface area contributed by atoms with Crippen LogP contribution in [0.5, 0.6) is 0 Å². The Morgan fingerprint density at radius 2 is 2.00 bits per heavy atom. The summed E-state index contributed by atoms with van der Waals surface area (Å²) in [5.74, 6) is 0.120.